The molecule has 2 aromatic rings. The van der Waals surface area contributed by atoms with Crippen molar-refractivity contribution in [3.63, 3.8) is 0 Å². The SMILES string of the molecule is C=CCNS(=O)(=O)Cc1ccc(NC(=O)c2cccc(NC(=O)C3CCCO3)c2)cc1. The second kappa shape index (κ2) is 10.3. The molecule has 2 amide bonds. The largest absolute Gasteiger partial charge is 0.368 e. The van der Waals surface area contributed by atoms with E-state index in [4.69, 9.17) is 4.74 Å². The summed E-state index contributed by atoms with van der Waals surface area (Å²) >= 11 is 0. The Hall–Kier alpha value is -3.01. The Morgan fingerprint density at radius 1 is 1.10 bits per heavy atom. The fourth-order valence-corrected chi connectivity index (χ4v) is 4.19. The van der Waals surface area contributed by atoms with Gasteiger partial charge in [0.05, 0.1) is 5.75 Å². The molecule has 164 valence electrons. The molecule has 2 aromatic carbocycles. The third kappa shape index (κ3) is 6.74. The predicted molar refractivity (Wildman–Crippen MR) is 119 cm³/mol. The van der Waals surface area contributed by atoms with Crippen LogP contribution in [0.4, 0.5) is 11.4 Å². The summed E-state index contributed by atoms with van der Waals surface area (Å²) < 4.78 is 31.6. The lowest BCUT2D eigenvalue weighted by Gasteiger charge is -2.12. The fourth-order valence-electron chi connectivity index (χ4n) is 3.09. The van der Waals surface area contributed by atoms with Crippen molar-refractivity contribution in [1.29, 1.82) is 0 Å². The number of benzene rings is 2. The van der Waals surface area contributed by atoms with Crippen LogP contribution in [0.25, 0.3) is 0 Å². The maximum atomic E-state index is 12.6. The predicted octanol–water partition coefficient (Wildman–Crippen LogP) is 2.66. The lowest BCUT2D eigenvalue weighted by atomic mass is 10.1. The Bertz CT molecular complexity index is 1050. The van der Waals surface area contributed by atoms with E-state index in [1.807, 2.05) is 0 Å². The van der Waals surface area contributed by atoms with Crippen LogP contribution in [-0.4, -0.2) is 39.5 Å². The number of carbonyl (C=O) groups excluding carboxylic acids is 2. The topological polar surface area (TPSA) is 114 Å². The first-order chi connectivity index (χ1) is 14.9. The summed E-state index contributed by atoms with van der Waals surface area (Å²) in [5.41, 5.74) is 2.01. The van der Waals surface area contributed by atoms with Gasteiger partial charge in [-0.05, 0) is 48.7 Å². The molecular formula is C22H25N3O5S. The van der Waals surface area contributed by atoms with Crippen molar-refractivity contribution >= 4 is 33.2 Å². The van der Waals surface area contributed by atoms with Crippen molar-refractivity contribution in [2.75, 3.05) is 23.8 Å². The summed E-state index contributed by atoms with van der Waals surface area (Å²) in [5, 5.41) is 5.54. The normalized spacial score (nSPS) is 15.9. The number of amides is 2. The van der Waals surface area contributed by atoms with Crippen LogP contribution in [0.15, 0.2) is 61.2 Å². The van der Waals surface area contributed by atoms with Crippen molar-refractivity contribution in [2.45, 2.75) is 24.7 Å². The molecule has 1 saturated heterocycles. The molecule has 9 heteroatoms. The third-order valence-corrected chi connectivity index (χ3v) is 5.95. The quantitative estimate of drug-likeness (QED) is 0.516. The molecule has 1 heterocycles. The van der Waals surface area contributed by atoms with Gasteiger partial charge in [-0.2, -0.15) is 0 Å². The van der Waals surface area contributed by atoms with Crippen molar-refractivity contribution < 1.29 is 22.7 Å². The second-order valence-corrected chi connectivity index (χ2v) is 8.93. The van der Waals surface area contributed by atoms with Gasteiger partial charge in [0, 0.05) is 30.1 Å². The van der Waals surface area contributed by atoms with E-state index in [0.29, 0.717) is 35.5 Å². The molecule has 0 saturated carbocycles. The summed E-state index contributed by atoms with van der Waals surface area (Å²) in [6.45, 7) is 4.23. The number of nitrogens with one attached hydrogen (secondary N) is 3. The molecule has 1 fully saturated rings. The molecule has 1 atom stereocenters. The lowest BCUT2D eigenvalue weighted by Crippen LogP contribution is -2.27. The fraction of sp³-hybridized carbons (Fsp3) is 0.273. The molecule has 0 bridgehead atoms. The zero-order valence-electron chi connectivity index (χ0n) is 17.0. The van der Waals surface area contributed by atoms with Gasteiger partial charge in [-0.1, -0.05) is 24.3 Å². The van der Waals surface area contributed by atoms with E-state index in [2.05, 4.69) is 21.9 Å². The van der Waals surface area contributed by atoms with Gasteiger partial charge in [0.1, 0.15) is 6.10 Å². The molecule has 0 aromatic heterocycles. The smallest absolute Gasteiger partial charge is 0.255 e. The Morgan fingerprint density at radius 2 is 1.87 bits per heavy atom. The van der Waals surface area contributed by atoms with Gasteiger partial charge < -0.3 is 15.4 Å². The highest BCUT2D eigenvalue weighted by atomic mass is 32.2. The molecule has 1 unspecified atom stereocenters. The van der Waals surface area contributed by atoms with Crippen molar-refractivity contribution in [2.24, 2.45) is 0 Å². The van der Waals surface area contributed by atoms with Crippen molar-refractivity contribution in [1.82, 2.24) is 4.72 Å². The van der Waals surface area contributed by atoms with E-state index in [1.54, 1.807) is 48.5 Å². The Kier molecular flexibility index (Phi) is 7.56. The molecule has 0 aliphatic carbocycles. The van der Waals surface area contributed by atoms with E-state index in [1.165, 1.54) is 6.08 Å². The van der Waals surface area contributed by atoms with Crippen LogP contribution >= 0.6 is 0 Å². The number of hydrogen-bond acceptors (Lipinski definition) is 5. The molecule has 1 aliphatic rings. The lowest BCUT2D eigenvalue weighted by molar-refractivity contribution is -0.124. The third-order valence-electron chi connectivity index (χ3n) is 4.63. The number of sulfonamides is 1. The summed E-state index contributed by atoms with van der Waals surface area (Å²) in [5.74, 6) is -0.731. The summed E-state index contributed by atoms with van der Waals surface area (Å²) in [4.78, 5) is 24.8. The number of carbonyl (C=O) groups is 2. The summed E-state index contributed by atoms with van der Waals surface area (Å²) in [7, 11) is -3.45. The minimum absolute atomic E-state index is 0.165. The van der Waals surface area contributed by atoms with E-state index in [-0.39, 0.29) is 24.1 Å². The molecule has 3 rings (SSSR count). The zero-order valence-corrected chi connectivity index (χ0v) is 17.8. The zero-order chi connectivity index (χ0) is 22.3. The highest BCUT2D eigenvalue weighted by molar-refractivity contribution is 7.88. The van der Waals surface area contributed by atoms with Crippen LogP contribution in [0, 0.1) is 0 Å². The van der Waals surface area contributed by atoms with Crippen LogP contribution in [0.2, 0.25) is 0 Å². The second-order valence-electron chi connectivity index (χ2n) is 7.12. The van der Waals surface area contributed by atoms with Crippen LogP contribution < -0.4 is 15.4 Å². The van der Waals surface area contributed by atoms with E-state index >= 15 is 0 Å². The maximum Gasteiger partial charge on any atom is 0.255 e. The van der Waals surface area contributed by atoms with Crippen LogP contribution in [0.3, 0.4) is 0 Å². The number of anilines is 2. The molecule has 1 aliphatic heterocycles. The van der Waals surface area contributed by atoms with Gasteiger partial charge in [-0.15, -0.1) is 6.58 Å². The van der Waals surface area contributed by atoms with E-state index in [0.717, 1.165) is 6.42 Å². The Morgan fingerprint density at radius 3 is 2.55 bits per heavy atom. The number of ether oxygens (including phenoxy) is 1. The first kappa shape index (κ1) is 22.7. The molecule has 0 radical (unpaired) electrons. The molecule has 3 N–H and O–H groups in total. The minimum Gasteiger partial charge on any atom is -0.368 e. The average Bonchev–Trinajstić information content (AvgIpc) is 3.29. The monoisotopic (exact) mass is 443 g/mol. The summed E-state index contributed by atoms with van der Waals surface area (Å²) in [6, 6.07) is 13.2. The standard InChI is InChI=1S/C22H25N3O5S/c1-2-12-23-31(28,29)15-16-8-10-18(11-9-16)24-21(26)17-5-3-6-19(14-17)25-22(27)20-7-4-13-30-20/h2-3,5-6,8-11,14,20,23H,1,4,7,12-13,15H2,(H,24,26)(H,25,27). The number of rotatable bonds is 9. The van der Waals surface area contributed by atoms with Crippen LogP contribution in [-0.2, 0) is 25.3 Å². The first-order valence-corrected chi connectivity index (χ1v) is 11.5. The highest BCUT2D eigenvalue weighted by Gasteiger charge is 2.23. The minimum atomic E-state index is -3.45. The maximum absolute atomic E-state index is 12.6. The van der Waals surface area contributed by atoms with Crippen LogP contribution in [0.1, 0.15) is 28.8 Å². The van der Waals surface area contributed by atoms with Gasteiger partial charge >= 0.3 is 0 Å². The van der Waals surface area contributed by atoms with Gasteiger partial charge in [0.15, 0.2) is 0 Å². The van der Waals surface area contributed by atoms with Crippen LogP contribution in [0.5, 0.6) is 0 Å². The van der Waals surface area contributed by atoms with Crippen molar-refractivity contribution in [3.8, 4) is 0 Å². The Labute approximate surface area is 181 Å². The molecule has 31 heavy (non-hydrogen) atoms. The summed E-state index contributed by atoms with van der Waals surface area (Å²) in [6.07, 6.45) is 2.57. The molecule has 0 spiro atoms. The van der Waals surface area contributed by atoms with Gasteiger partial charge in [0.25, 0.3) is 11.8 Å². The van der Waals surface area contributed by atoms with E-state index < -0.39 is 16.1 Å². The van der Waals surface area contributed by atoms with Gasteiger partial charge in [0.2, 0.25) is 10.0 Å². The molecule has 8 nitrogen and oxygen atoms in total. The van der Waals surface area contributed by atoms with E-state index in [9.17, 15) is 18.0 Å². The van der Waals surface area contributed by atoms with Gasteiger partial charge in [-0.25, -0.2) is 13.1 Å². The average molecular weight is 444 g/mol. The van der Waals surface area contributed by atoms with Crippen molar-refractivity contribution in [3.05, 3.63) is 72.3 Å². The molecular weight excluding hydrogens is 418 g/mol. The first-order valence-electron chi connectivity index (χ1n) is 9.87. The number of hydrogen-bond donors (Lipinski definition) is 3. The van der Waals surface area contributed by atoms with Gasteiger partial charge in [-0.3, -0.25) is 9.59 Å². The highest BCUT2D eigenvalue weighted by Crippen LogP contribution is 2.18. The Balaban J connectivity index is 1.59.